The summed E-state index contributed by atoms with van der Waals surface area (Å²) in [6.45, 7) is -0.604. The quantitative estimate of drug-likeness (QED) is 0.369. The second kappa shape index (κ2) is 10.1. The maximum atomic E-state index is 13.3. The van der Waals surface area contributed by atoms with Gasteiger partial charge in [0.15, 0.2) is 23.0 Å². The molecule has 1 aromatic heterocycles. The van der Waals surface area contributed by atoms with E-state index < -0.39 is 37.3 Å². The molecule has 0 bridgehead atoms. The molecule has 5 atom stereocenters. The van der Waals surface area contributed by atoms with Crippen molar-refractivity contribution in [2.75, 3.05) is 27.9 Å². The van der Waals surface area contributed by atoms with Crippen LogP contribution in [0.3, 0.4) is 0 Å². The van der Waals surface area contributed by atoms with Gasteiger partial charge in [0.25, 0.3) is 0 Å². The zero-order valence-electron chi connectivity index (χ0n) is 19.2. The van der Waals surface area contributed by atoms with E-state index in [1.807, 2.05) is 0 Å². The minimum atomic E-state index is -1.62. The van der Waals surface area contributed by atoms with Crippen LogP contribution >= 0.6 is 0 Å². The lowest BCUT2D eigenvalue weighted by atomic mass is 9.99. The summed E-state index contributed by atoms with van der Waals surface area (Å²) in [4.78, 5) is 13.3. The van der Waals surface area contributed by atoms with E-state index in [0.717, 1.165) is 0 Å². The second-order valence-corrected chi connectivity index (χ2v) is 7.86. The third kappa shape index (κ3) is 4.51. The van der Waals surface area contributed by atoms with E-state index in [2.05, 4.69) is 0 Å². The van der Waals surface area contributed by atoms with Crippen molar-refractivity contribution in [3.63, 3.8) is 0 Å². The van der Waals surface area contributed by atoms with Gasteiger partial charge < -0.3 is 48.5 Å². The maximum absolute atomic E-state index is 13.3. The zero-order chi connectivity index (χ0) is 25.3. The van der Waals surface area contributed by atoms with Crippen LogP contribution in [0.5, 0.6) is 23.0 Å². The van der Waals surface area contributed by atoms with Crippen molar-refractivity contribution in [1.29, 1.82) is 0 Å². The molecular weight excluding hydrogens is 464 g/mol. The molecule has 35 heavy (non-hydrogen) atoms. The first-order valence-electron chi connectivity index (χ1n) is 10.7. The Balaban J connectivity index is 1.72. The van der Waals surface area contributed by atoms with Crippen LogP contribution in [0, 0.1) is 0 Å². The lowest BCUT2D eigenvalue weighted by molar-refractivity contribution is -0.277. The molecule has 11 heteroatoms. The first kappa shape index (κ1) is 24.8. The monoisotopic (exact) mass is 490 g/mol. The minimum Gasteiger partial charge on any atom is -0.493 e. The van der Waals surface area contributed by atoms with Crippen molar-refractivity contribution in [3.05, 3.63) is 46.8 Å². The molecule has 0 spiro atoms. The standard InChI is InChI=1S/C24H26O11/c1-30-14-5-4-11(6-16(14)31-2)13-10-33-15-8-18(17(32-3)7-12(15)20(13)26)34-24-23(29)22(28)21(27)19(9-25)35-24/h4-8,10,19,21-25,27-29H,9H2,1-3H3/t19-,21-,22+,23-,24-/m1/s1. The van der Waals surface area contributed by atoms with Crippen molar-refractivity contribution in [2.24, 2.45) is 0 Å². The lowest BCUT2D eigenvalue weighted by Gasteiger charge is -2.39. The summed E-state index contributed by atoms with van der Waals surface area (Å²) in [5.41, 5.74) is 0.665. The van der Waals surface area contributed by atoms with Gasteiger partial charge in [0.2, 0.25) is 11.7 Å². The van der Waals surface area contributed by atoms with E-state index in [9.17, 15) is 25.2 Å². The summed E-state index contributed by atoms with van der Waals surface area (Å²) in [5, 5.41) is 39.8. The summed E-state index contributed by atoms with van der Waals surface area (Å²) in [6.07, 6.45) is -6.04. The number of fused-ring (bicyclic) bond motifs is 1. The van der Waals surface area contributed by atoms with E-state index in [0.29, 0.717) is 17.1 Å². The number of benzene rings is 2. The molecule has 0 aliphatic carbocycles. The summed E-state index contributed by atoms with van der Waals surface area (Å²) in [7, 11) is 4.37. The van der Waals surface area contributed by atoms with Gasteiger partial charge in [-0.3, -0.25) is 4.79 Å². The van der Waals surface area contributed by atoms with E-state index in [1.54, 1.807) is 18.2 Å². The molecule has 1 aliphatic rings. The Hall–Kier alpha value is -3.35. The number of hydrogen-bond donors (Lipinski definition) is 4. The Morgan fingerprint density at radius 3 is 2.20 bits per heavy atom. The van der Waals surface area contributed by atoms with Crippen molar-refractivity contribution < 1.29 is 48.5 Å². The Morgan fingerprint density at radius 2 is 1.54 bits per heavy atom. The highest BCUT2D eigenvalue weighted by atomic mass is 16.7. The highest BCUT2D eigenvalue weighted by Crippen LogP contribution is 2.36. The van der Waals surface area contributed by atoms with Gasteiger partial charge in [-0.05, 0) is 23.8 Å². The van der Waals surface area contributed by atoms with E-state index in [1.165, 1.54) is 39.7 Å². The van der Waals surface area contributed by atoms with Gasteiger partial charge in [0.1, 0.15) is 36.3 Å². The first-order valence-corrected chi connectivity index (χ1v) is 10.7. The van der Waals surface area contributed by atoms with Crippen molar-refractivity contribution >= 4 is 11.0 Å². The highest BCUT2D eigenvalue weighted by molar-refractivity contribution is 5.85. The predicted octanol–water partition coefficient (Wildman–Crippen LogP) is 0.665. The summed E-state index contributed by atoms with van der Waals surface area (Å²) in [6, 6.07) is 7.84. The van der Waals surface area contributed by atoms with Crippen LogP contribution in [0.4, 0.5) is 0 Å². The fourth-order valence-corrected chi connectivity index (χ4v) is 3.88. The van der Waals surface area contributed by atoms with E-state index in [-0.39, 0.29) is 33.5 Å². The molecule has 1 fully saturated rings. The Kier molecular flexibility index (Phi) is 7.15. The molecule has 188 valence electrons. The largest absolute Gasteiger partial charge is 0.493 e. The van der Waals surface area contributed by atoms with E-state index >= 15 is 0 Å². The third-order valence-electron chi connectivity index (χ3n) is 5.84. The molecule has 1 saturated heterocycles. The second-order valence-electron chi connectivity index (χ2n) is 7.86. The van der Waals surface area contributed by atoms with Gasteiger partial charge in [-0.2, -0.15) is 0 Å². The van der Waals surface area contributed by atoms with Gasteiger partial charge >= 0.3 is 0 Å². The van der Waals surface area contributed by atoms with Crippen LogP contribution in [-0.2, 0) is 4.74 Å². The molecule has 1 aliphatic heterocycles. The van der Waals surface area contributed by atoms with Crippen LogP contribution in [0.1, 0.15) is 0 Å². The Bertz CT molecular complexity index is 1250. The Morgan fingerprint density at radius 1 is 0.857 bits per heavy atom. The molecule has 0 amide bonds. The van der Waals surface area contributed by atoms with Gasteiger partial charge in [-0.25, -0.2) is 0 Å². The fourth-order valence-electron chi connectivity index (χ4n) is 3.88. The smallest absolute Gasteiger partial charge is 0.229 e. The zero-order valence-corrected chi connectivity index (χ0v) is 19.2. The van der Waals surface area contributed by atoms with Gasteiger partial charge in [-0.15, -0.1) is 0 Å². The average Bonchev–Trinajstić information content (AvgIpc) is 2.88. The van der Waals surface area contributed by atoms with Gasteiger partial charge in [0, 0.05) is 6.07 Å². The van der Waals surface area contributed by atoms with Crippen molar-refractivity contribution in [1.82, 2.24) is 0 Å². The van der Waals surface area contributed by atoms with E-state index in [4.69, 9.17) is 28.1 Å². The van der Waals surface area contributed by atoms with Crippen LogP contribution < -0.4 is 24.4 Å². The third-order valence-corrected chi connectivity index (χ3v) is 5.84. The topological polar surface area (TPSA) is 157 Å². The lowest BCUT2D eigenvalue weighted by Crippen LogP contribution is -2.60. The summed E-state index contributed by atoms with van der Waals surface area (Å²) < 4.78 is 32.7. The fraction of sp³-hybridized carbons (Fsp3) is 0.375. The average molecular weight is 490 g/mol. The minimum absolute atomic E-state index is 0.0475. The molecule has 2 aromatic carbocycles. The normalized spacial score (nSPS) is 24.3. The van der Waals surface area contributed by atoms with Crippen LogP contribution in [0.15, 0.2) is 45.8 Å². The molecule has 4 rings (SSSR count). The molecule has 11 nitrogen and oxygen atoms in total. The number of methoxy groups -OCH3 is 3. The number of hydrogen-bond acceptors (Lipinski definition) is 11. The molecule has 0 saturated carbocycles. The van der Waals surface area contributed by atoms with Crippen LogP contribution in [0.2, 0.25) is 0 Å². The van der Waals surface area contributed by atoms with Gasteiger partial charge in [0.05, 0.1) is 38.9 Å². The van der Waals surface area contributed by atoms with Crippen molar-refractivity contribution in [2.45, 2.75) is 30.7 Å². The molecule has 4 N–H and O–H groups in total. The molecule has 2 heterocycles. The number of rotatable bonds is 7. The summed E-state index contributed by atoms with van der Waals surface area (Å²) >= 11 is 0. The summed E-state index contributed by atoms with van der Waals surface area (Å²) in [5.74, 6) is 1.14. The van der Waals surface area contributed by atoms with Crippen LogP contribution in [0.25, 0.3) is 22.1 Å². The first-order chi connectivity index (χ1) is 16.8. The molecule has 0 unspecified atom stereocenters. The number of aliphatic hydroxyl groups is 4. The number of ether oxygens (including phenoxy) is 5. The highest BCUT2D eigenvalue weighted by Gasteiger charge is 2.45. The Labute approximate surface area is 199 Å². The molecule has 0 radical (unpaired) electrons. The number of aliphatic hydroxyl groups excluding tert-OH is 4. The molecular formula is C24H26O11. The SMILES string of the molecule is COc1ccc(-c2coc3cc(O[C@@H]4O[C@H](CO)[C@@H](O)[C@H](O)[C@H]4O)c(OC)cc3c2=O)cc1OC. The molecule has 3 aromatic rings. The predicted molar refractivity (Wildman–Crippen MR) is 122 cm³/mol. The van der Waals surface area contributed by atoms with Gasteiger partial charge in [-0.1, -0.05) is 6.07 Å². The van der Waals surface area contributed by atoms with Crippen molar-refractivity contribution in [3.8, 4) is 34.1 Å². The maximum Gasteiger partial charge on any atom is 0.229 e. The van der Waals surface area contributed by atoms with Crippen LogP contribution in [-0.4, -0.2) is 79.1 Å².